The highest BCUT2D eigenvalue weighted by Gasteiger charge is 2.17. The number of hydrogen-bond acceptors (Lipinski definition) is 11. The van der Waals surface area contributed by atoms with Crippen molar-refractivity contribution in [1.82, 2.24) is 0 Å². The molecule has 0 saturated carbocycles. The van der Waals surface area contributed by atoms with Gasteiger partial charge in [0.1, 0.15) is 17.9 Å². The van der Waals surface area contributed by atoms with Crippen molar-refractivity contribution >= 4 is 37.3 Å². The lowest BCUT2D eigenvalue weighted by Gasteiger charge is -2.11. The highest BCUT2D eigenvalue weighted by molar-refractivity contribution is 8.71. The fourth-order valence-electron chi connectivity index (χ4n) is 1.72. The van der Waals surface area contributed by atoms with Gasteiger partial charge in [0, 0.05) is 30.2 Å². The minimum atomic E-state index is -3.25. The standard InChI is InChI=1S/C14H18N2O9S2/c1-27(21,22)26-8-7-23-14(18)11-5-4-10(15)9-12(11)25-13(17)3-2-6-24-16(19)20/h4-5,9H,2-3,6-8,15H2,1H3. The summed E-state index contributed by atoms with van der Waals surface area (Å²) in [4.78, 5) is 38.0. The molecule has 1 rings (SSSR count). The van der Waals surface area contributed by atoms with E-state index in [2.05, 4.69) is 4.84 Å². The number of nitrogen functional groups attached to an aromatic ring is 1. The lowest BCUT2D eigenvalue weighted by molar-refractivity contribution is -0.757. The van der Waals surface area contributed by atoms with E-state index in [0.29, 0.717) is 10.8 Å². The molecule has 0 fully saturated rings. The molecular formula is C14H18N2O9S2. The van der Waals surface area contributed by atoms with Gasteiger partial charge in [0.15, 0.2) is 8.87 Å². The smallest absolute Gasteiger partial charge is 0.341 e. The van der Waals surface area contributed by atoms with Gasteiger partial charge in [0.05, 0.1) is 6.61 Å². The Balaban J connectivity index is 2.64. The average Bonchev–Trinajstić information content (AvgIpc) is 2.54. The molecule has 0 radical (unpaired) electrons. The molecule has 2 N–H and O–H groups in total. The molecule has 0 saturated heterocycles. The Bertz CT molecular complexity index is 796. The van der Waals surface area contributed by atoms with Crippen molar-refractivity contribution in [3.63, 3.8) is 0 Å². The fraction of sp³-hybridized carbons (Fsp3) is 0.429. The quantitative estimate of drug-likeness (QED) is 0.103. The summed E-state index contributed by atoms with van der Waals surface area (Å²) in [6.45, 7) is -0.432. The van der Waals surface area contributed by atoms with Crippen molar-refractivity contribution in [2.75, 3.05) is 31.0 Å². The van der Waals surface area contributed by atoms with Crippen molar-refractivity contribution in [3.8, 4) is 5.75 Å². The van der Waals surface area contributed by atoms with E-state index in [1.54, 1.807) is 0 Å². The summed E-state index contributed by atoms with van der Waals surface area (Å²) in [7, 11) is -2.61. The molecule has 13 heteroatoms. The molecule has 150 valence electrons. The Morgan fingerprint density at radius 3 is 2.63 bits per heavy atom. The third-order valence-electron chi connectivity index (χ3n) is 2.79. The Kier molecular flexibility index (Phi) is 8.81. The van der Waals surface area contributed by atoms with E-state index in [1.165, 1.54) is 18.2 Å². The molecule has 0 heterocycles. The predicted molar refractivity (Wildman–Crippen MR) is 96.3 cm³/mol. The number of carbonyl (C=O) groups is 2. The molecule has 0 bridgehead atoms. The van der Waals surface area contributed by atoms with E-state index in [9.17, 15) is 28.1 Å². The Hall–Kier alpha value is -2.54. The summed E-state index contributed by atoms with van der Waals surface area (Å²) < 4.78 is 32.0. The van der Waals surface area contributed by atoms with Crippen LogP contribution in [0.25, 0.3) is 0 Å². The van der Waals surface area contributed by atoms with Gasteiger partial charge in [-0.25, -0.2) is 13.2 Å². The van der Waals surface area contributed by atoms with Gasteiger partial charge in [0.25, 0.3) is 5.09 Å². The van der Waals surface area contributed by atoms with Gasteiger partial charge >= 0.3 is 11.9 Å². The third-order valence-corrected chi connectivity index (χ3v) is 5.33. The lowest BCUT2D eigenvalue weighted by Crippen LogP contribution is -2.15. The van der Waals surface area contributed by atoms with Crippen molar-refractivity contribution in [2.24, 2.45) is 0 Å². The number of ether oxygens (including phenoxy) is 2. The number of nitrogens with two attached hydrogens (primary N) is 1. The van der Waals surface area contributed by atoms with Gasteiger partial charge in [-0.05, 0) is 29.3 Å². The second-order valence-electron chi connectivity index (χ2n) is 5.05. The molecule has 0 unspecified atom stereocenters. The van der Waals surface area contributed by atoms with Crippen LogP contribution in [0.15, 0.2) is 18.2 Å². The van der Waals surface area contributed by atoms with E-state index in [4.69, 9.17) is 15.2 Å². The first-order chi connectivity index (χ1) is 12.6. The number of carbonyl (C=O) groups excluding carboxylic acids is 2. The van der Waals surface area contributed by atoms with Crippen molar-refractivity contribution in [2.45, 2.75) is 12.8 Å². The van der Waals surface area contributed by atoms with Gasteiger partial charge in [-0.2, -0.15) is 0 Å². The van der Waals surface area contributed by atoms with Crippen molar-refractivity contribution in [3.05, 3.63) is 33.9 Å². The normalized spacial score (nSPS) is 10.9. The molecule has 1 aromatic rings. The molecule has 0 atom stereocenters. The van der Waals surface area contributed by atoms with Crippen molar-refractivity contribution < 1.29 is 37.4 Å². The second kappa shape index (κ2) is 10.6. The van der Waals surface area contributed by atoms with Crippen LogP contribution < -0.4 is 10.5 Å². The first-order valence-corrected chi connectivity index (χ1v) is 10.9. The van der Waals surface area contributed by atoms with Crippen molar-refractivity contribution in [1.29, 1.82) is 0 Å². The predicted octanol–water partition coefficient (Wildman–Crippen LogP) is 1.01. The summed E-state index contributed by atoms with van der Waals surface area (Å²) in [5.41, 5.74) is 5.79. The van der Waals surface area contributed by atoms with Gasteiger partial charge in [-0.3, -0.25) is 4.79 Å². The maximum atomic E-state index is 12.1. The topological polar surface area (TPSA) is 165 Å². The summed E-state index contributed by atoms with van der Waals surface area (Å²) in [5.74, 6) is -1.64. The molecule has 0 aliphatic rings. The van der Waals surface area contributed by atoms with E-state index in [-0.39, 0.29) is 48.8 Å². The van der Waals surface area contributed by atoms with E-state index < -0.39 is 25.9 Å². The minimum absolute atomic E-state index is 0.0463. The Labute approximate surface area is 158 Å². The lowest BCUT2D eigenvalue weighted by atomic mass is 10.2. The van der Waals surface area contributed by atoms with Crippen LogP contribution in [-0.4, -0.2) is 50.7 Å². The molecule has 27 heavy (non-hydrogen) atoms. The van der Waals surface area contributed by atoms with Gasteiger partial charge < -0.3 is 20.0 Å². The van der Waals surface area contributed by atoms with Crippen LogP contribution in [0.1, 0.15) is 23.2 Å². The monoisotopic (exact) mass is 422 g/mol. The zero-order valence-electron chi connectivity index (χ0n) is 14.3. The van der Waals surface area contributed by atoms with E-state index >= 15 is 0 Å². The summed E-state index contributed by atoms with van der Waals surface area (Å²) in [5, 5.41) is 9.05. The highest BCUT2D eigenvalue weighted by atomic mass is 33.1. The number of anilines is 1. The van der Waals surface area contributed by atoms with Crippen LogP contribution in [0.3, 0.4) is 0 Å². The van der Waals surface area contributed by atoms with Crippen LogP contribution in [0.5, 0.6) is 5.75 Å². The first-order valence-electron chi connectivity index (χ1n) is 7.47. The van der Waals surface area contributed by atoms with Gasteiger partial charge in [0.2, 0.25) is 0 Å². The molecular weight excluding hydrogens is 404 g/mol. The number of benzene rings is 1. The summed E-state index contributed by atoms with van der Waals surface area (Å²) >= 11 is 0. The largest absolute Gasteiger partial charge is 0.461 e. The Morgan fingerprint density at radius 2 is 2.00 bits per heavy atom. The van der Waals surface area contributed by atoms with E-state index in [0.717, 1.165) is 6.26 Å². The van der Waals surface area contributed by atoms with Crippen LogP contribution in [0, 0.1) is 10.1 Å². The molecule has 0 aliphatic heterocycles. The molecule has 11 nitrogen and oxygen atoms in total. The molecule has 1 aromatic carbocycles. The van der Waals surface area contributed by atoms with Gasteiger partial charge in [-0.15, -0.1) is 10.1 Å². The van der Waals surface area contributed by atoms with Crippen LogP contribution in [-0.2, 0) is 23.2 Å². The maximum Gasteiger partial charge on any atom is 0.341 e. The van der Waals surface area contributed by atoms with Crippen LogP contribution >= 0.6 is 10.8 Å². The second-order valence-corrected chi connectivity index (χ2v) is 9.63. The number of rotatable bonds is 11. The van der Waals surface area contributed by atoms with Gasteiger partial charge in [-0.1, -0.05) is 0 Å². The summed E-state index contributed by atoms with van der Waals surface area (Å²) in [6.07, 6.45) is 0.903. The van der Waals surface area contributed by atoms with Crippen LogP contribution in [0.4, 0.5) is 5.69 Å². The maximum absolute atomic E-state index is 12.1. The summed E-state index contributed by atoms with van der Waals surface area (Å²) in [6, 6.07) is 3.97. The zero-order chi connectivity index (χ0) is 20.4. The minimum Gasteiger partial charge on any atom is -0.461 e. The average molecular weight is 422 g/mol. The first kappa shape index (κ1) is 22.5. The fourth-order valence-corrected chi connectivity index (χ4v) is 3.29. The zero-order valence-corrected chi connectivity index (χ0v) is 15.9. The molecule has 0 aliphatic carbocycles. The van der Waals surface area contributed by atoms with E-state index in [1.807, 2.05) is 0 Å². The number of nitrogens with zero attached hydrogens (tertiary/aromatic N) is 1. The third kappa shape index (κ3) is 9.65. The highest BCUT2D eigenvalue weighted by Crippen LogP contribution is 2.23. The SMILES string of the molecule is CS(=O)(=O)SCCOC(=O)c1ccc(N)cc1OC(=O)CCCO[N+](=O)[O-]. The molecule has 0 aromatic heterocycles. The molecule has 0 spiro atoms. The van der Waals surface area contributed by atoms with Crippen LogP contribution in [0.2, 0.25) is 0 Å². The molecule has 0 amide bonds. The number of hydrogen-bond donors (Lipinski definition) is 1. The number of esters is 2. The Morgan fingerprint density at radius 1 is 1.30 bits per heavy atom.